The third-order valence-electron chi connectivity index (χ3n) is 3.19. The first-order valence-electron chi connectivity index (χ1n) is 5.87. The maximum absolute atomic E-state index is 3.64. The van der Waals surface area contributed by atoms with Crippen molar-refractivity contribution < 1.29 is 0 Å². The molecule has 0 spiro atoms. The van der Waals surface area contributed by atoms with Gasteiger partial charge in [0.1, 0.15) is 0 Å². The van der Waals surface area contributed by atoms with Crippen molar-refractivity contribution in [2.24, 2.45) is 17.3 Å². The van der Waals surface area contributed by atoms with Gasteiger partial charge in [-0.05, 0) is 42.8 Å². The maximum atomic E-state index is 3.64. The minimum absolute atomic E-state index is 0.400. The Labute approximate surface area is 98.4 Å². The maximum Gasteiger partial charge on any atom is -0.0131 e. The molecule has 0 aliphatic carbocycles. The second kappa shape index (κ2) is 5.85. The van der Waals surface area contributed by atoms with Gasteiger partial charge < -0.3 is 0 Å². The number of hydrogen-bond donors (Lipinski definition) is 0. The van der Waals surface area contributed by atoms with Crippen LogP contribution < -0.4 is 0 Å². The van der Waals surface area contributed by atoms with Gasteiger partial charge in [-0.25, -0.2) is 0 Å². The SMILES string of the molecule is CC(=P)C(C)C(C)/C(C)=C\CC(C)(C)C. The fourth-order valence-corrected chi connectivity index (χ4v) is 1.67. The van der Waals surface area contributed by atoms with Crippen molar-refractivity contribution >= 4 is 14.2 Å². The van der Waals surface area contributed by atoms with Gasteiger partial charge in [0.15, 0.2) is 0 Å². The molecule has 0 saturated carbocycles. The summed E-state index contributed by atoms with van der Waals surface area (Å²) in [5, 5.41) is 1.34. The molecule has 15 heavy (non-hydrogen) atoms. The van der Waals surface area contributed by atoms with Crippen LogP contribution in [0.15, 0.2) is 11.6 Å². The van der Waals surface area contributed by atoms with Crippen LogP contribution in [0.4, 0.5) is 0 Å². The van der Waals surface area contributed by atoms with E-state index >= 15 is 0 Å². The predicted octanol–water partition coefficient (Wildman–Crippen LogP) is 4.98. The molecule has 1 heteroatoms. The lowest BCUT2D eigenvalue weighted by molar-refractivity contribution is 0.416. The first-order valence-corrected chi connectivity index (χ1v) is 6.37. The van der Waals surface area contributed by atoms with Gasteiger partial charge in [-0.15, -0.1) is 8.86 Å². The molecule has 88 valence electrons. The molecule has 0 amide bonds. The molecule has 0 radical (unpaired) electrons. The Morgan fingerprint density at radius 1 is 1.13 bits per heavy atom. The van der Waals surface area contributed by atoms with Crippen LogP contribution in [-0.2, 0) is 0 Å². The van der Waals surface area contributed by atoms with Crippen LogP contribution in [0.25, 0.3) is 0 Å². The van der Waals surface area contributed by atoms with Crippen molar-refractivity contribution in [3.8, 4) is 0 Å². The Morgan fingerprint density at radius 2 is 1.60 bits per heavy atom. The third-order valence-corrected chi connectivity index (χ3v) is 3.64. The molecular weight excluding hydrogens is 199 g/mol. The lowest BCUT2D eigenvalue weighted by Gasteiger charge is -2.22. The summed E-state index contributed by atoms with van der Waals surface area (Å²) >= 11 is 0. The fraction of sp³-hybridized carbons (Fsp3) is 0.786. The molecule has 0 N–H and O–H groups in total. The Hall–Kier alpha value is -0.0900. The number of hydrogen-bond acceptors (Lipinski definition) is 0. The zero-order valence-corrected chi connectivity index (χ0v) is 12.4. The minimum atomic E-state index is 0.400. The highest BCUT2D eigenvalue weighted by molar-refractivity contribution is 7.21. The number of rotatable bonds is 4. The molecule has 0 aromatic rings. The summed E-state index contributed by atoms with van der Waals surface area (Å²) in [5.41, 5.74) is 1.91. The van der Waals surface area contributed by atoms with Gasteiger partial charge in [-0.2, -0.15) is 0 Å². The molecule has 0 aliphatic heterocycles. The number of allylic oxidation sites excluding steroid dienone is 2. The lowest BCUT2D eigenvalue weighted by atomic mass is 9.84. The minimum Gasteiger partial charge on any atom is -0.123 e. The topological polar surface area (TPSA) is 0 Å². The first kappa shape index (κ1) is 14.9. The molecular formula is C14H27P. The van der Waals surface area contributed by atoms with Gasteiger partial charge in [-0.1, -0.05) is 46.3 Å². The van der Waals surface area contributed by atoms with E-state index in [1.807, 2.05) is 0 Å². The molecule has 0 aromatic heterocycles. The summed E-state index contributed by atoms with van der Waals surface area (Å²) in [6.07, 6.45) is 3.56. The van der Waals surface area contributed by atoms with E-state index in [4.69, 9.17) is 0 Å². The highest BCUT2D eigenvalue weighted by Crippen LogP contribution is 2.25. The third kappa shape index (κ3) is 6.15. The summed E-state index contributed by atoms with van der Waals surface area (Å²) in [5.74, 6) is 1.24. The molecule has 2 unspecified atom stereocenters. The second-order valence-corrected chi connectivity index (χ2v) is 6.76. The van der Waals surface area contributed by atoms with Crippen LogP contribution in [-0.4, -0.2) is 5.29 Å². The summed E-state index contributed by atoms with van der Waals surface area (Å²) in [7, 11) is 3.64. The summed E-state index contributed by atoms with van der Waals surface area (Å²) < 4.78 is 0. The van der Waals surface area contributed by atoms with E-state index in [1.165, 1.54) is 10.9 Å². The van der Waals surface area contributed by atoms with E-state index < -0.39 is 0 Å². The van der Waals surface area contributed by atoms with Gasteiger partial charge in [0.05, 0.1) is 0 Å². The zero-order chi connectivity index (χ0) is 12.2. The lowest BCUT2D eigenvalue weighted by Crippen LogP contribution is -2.15. The van der Waals surface area contributed by atoms with E-state index in [9.17, 15) is 0 Å². The van der Waals surface area contributed by atoms with Crippen LogP contribution in [0.2, 0.25) is 0 Å². The van der Waals surface area contributed by atoms with Crippen molar-refractivity contribution in [2.75, 3.05) is 0 Å². The average molecular weight is 226 g/mol. The van der Waals surface area contributed by atoms with Crippen molar-refractivity contribution in [2.45, 2.75) is 54.9 Å². The molecule has 0 aromatic carbocycles. The van der Waals surface area contributed by atoms with Crippen LogP contribution in [0.3, 0.4) is 0 Å². The van der Waals surface area contributed by atoms with Gasteiger partial charge >= 0.3 is 0 Å². The summed E-state index contributed by atoms with van der Waals surface area (Å²) in [4.78, 5) is 0. The fourth-order valence-electron chi connectivity index (χ4n) is 1.42. The average Bonchev–Trinajstić information content (AvgIpc) is 2.10. The van der Waals surface area contributed by atoms with Crippen LogP contribution in [0.1, 0.15) is 54.9 Å². The standard InChI is InChI=1S/C14H27P/c1-10(8-9-14(5,6)7)11(2)12(3)13(4)15/h8,11-12,15H,9H2,1-7H3/b10-8-. The molecule has 0 aliphatic rings. The monoisotopic (exact) mass is 226 g/mol. The van der Waals surface area contributed by atoms with E-state index in [0.29, 0.717) is 17.3 Å². The van der Waals surface area contributed by atoms with Gasteiger partial charge in [0, 0.05) is 0 Å². The van der Waals surface area contributed by atoms with Crippen LogP contribution in [0.5, 0.6) is 0 Å². The van der Waals surface area contributed by atoms with Crippen LogP contribution >= 0.6 is 8.86 Å². The molecule has 0 bridgehead atoms. The normalized spacial score (nSPS) is 17.4. The molecule has 0 fully saturated rings. The Bertz CT molecular complexity index is 243. The van der Waals surface area contributed by atoms with Crippen molar-refractivity contribution in [3.05, 3.63) is 11.6 Å². The summed E-state index contributed by atoms with van der Waals surface area (Å²) in [6, 6.07) is 0. The molecule has 2 atom stereocenters. The van der Waals surface area contributed by atoms with E-state index in [0.717, 1.165) is 6.42 Å². The van der Waals surface area contributed by atoms with E-state index in [1.54, 1.807) is 0 Å². The van der Waals surface area contributed by atoms with Crippen molar-refractivity contribution in [3.63, 3.8) is 0 Å². The smallest absolute Gasteiger partial charge is 0.0131 e. The van der Waals surface area contributed by atoms with E-state index in [2.05, 4.69) is 63.4 Å². The highest BCUT2D eigenvalue weighted by atomic mass is 31.0. The van der Waals surface area contributed by atoms with E-state index in [-0.39, 0.29) is 0 Å². The second-order valence-electron chi connectivity index (χ2n) is 5.97. The predicted molar refractivity (Wildman–Crippen MR) is 75.2 cm³/mol. The Morgan fingerprint density at radius 3 is 1.93 bits per heavy atom. The van der Waals surface area contributed by atoms with Gasteiger partial charge in [0.25, 0.3) is 0 Å². The molecule has 0 nitrogen and oxygen atoms in total. The van der Waals surface area contributed by atoms with Crippen LogP contribution in [0, 0.1) is 17.3 Å². The zero-order valence-electron chi connectivity index (χ0n) is 11.4. The van der Waals surface area contributed by atoms with Gasteiger partial charge in [0.2, 0.25) is 0 Å². The molecule has 0 rings (SSSR count). The highest BCUT2D eigenvalue weighted by Gasteiger charge is 2.15. The molecule has 0 saturated heterocycles. The summed E-state index contributed by atoms with van der Waals surface area (Å²) in [6.45, 7) is 15.8. The first-order chi connectivity index (χ1) is 6.65. The molecule has 0 heterocycles. The van der Waals surface area contributed by atoms with Crippen molar-refractivity contribution in [1.82, 2.24) is 0 Å². The van der Waals surface area contributed by atoms with Gasteiger partial charge in [-0.3, -0.25) is 0 Å². The quantitative estimate of drug-likeness (QED) is 0.468. The van der Waals surface area contributed by atoms with Crippen molar-refractivity contribution in [1.29, 1.82) is 0 Å². The Kier molecular flexibility index (Phi) is 5.81. The Balaban J connectivity index is 4.44. The largest absolute Gasteiger partial charge is 0.123 e.